The molecule has 9 heteroatoms. The summed E-state index contributed by atoms with van der Waals surface area (Å²) in [7, 11) is 2.09. The van der Waals surface area contributed by atoms with Crippen LogP contribution in [0.4, 0.5) is 4.79 Å². The van der Waals surface area contributed by atoms with Gasteiger partial charge in [-0.05, 0) is 70.8 Å². The molecule has 3 aromatic heterocycles. The molecule has 1 aliphatic rings. The zero-order valence-electron chi connectivity index (χ0n) is 20.8. The molecule has 1 aliphatic carbocycles. The third kappa shape index (κ3) is 5.45. The molecule has 0 spiro atoms. The molecule has 0 aromatic carbocycles. The lowest BCUT2D eigenvalue weighted by atomic mass is 9.91. The predicted octanol–water partition coefficient (Wildman–Crippen LogP) is 2.30. The van der Waals surface area contributed by atoms with E-state index in [9.17, 15) is 14.7 Å². The Balaban J connectivity index is 1.53. The summed E-state index contributed by atoms with van der Waals surface area (Å²) in [6.45, 7) is 5.73. The second-order valence-corrected chi connectivity index (χ2v) is 10.1. The number of amides is 2. The van der Waals surface area contributed by atoms with Gasteiger partial charge in [0.05, 0.1) is 36.2 Å². The molecule has 0 fully saturated rings. The normalized spacial score (nSPS) is 15.7. The zero-order chi connectivity index (χ0) is 25.2. The van der Waals surface area contributed by atoms with Gasteiger partial charge in [0, 0.05) is 24.5 Å². The van der Waals surface area contributed by atoms with Gasteiger partial charge in [-0.3, -0.25) is 14.7 Å². The minimum atomic E-state index is -1.37. The molecule has 0 unspecified atom stereocenters. The van der Waals surface area contributed by atoms with Crippen molar-refractivity contribution in [3.8, 4) is 0 Å². The molecule has 0 bridgehead atoms. The predicted molar refractivity (Wildman–Crippen MR) is 130 cm³/mol. The van der Waals surface area contributed by atoms with Crippen LogP contribution in [0.15, 0.2) is 42.7 Å². The van der Waals surface area contributed by atoms with Crippen molar-refractivity contribution in [1.82, 2.24) is 29.5 Å². The number of fused-ring (bicyclic) bond motifs is 2. The van der Waals surface area contributed by atoms with Crippen LogP contribution in [0.5, 0.6) is 0 Å². The van der Waals surface area contributed by atoms with E-state index in [2.05, 4.69) is 28.3 Å². The lowest BCUT2D eigenvalue weighted by Gasteiger charge is -2.37. The Morgan fingerprint density at radius 3 is 2.77 bits per heavy atom. The first-order chi connectivity index (χ1) is 16.6. The number of nitrogens with one attached hydrogen (secondary N) is 1. The molecule has 2 amide bonds. The Labute approximate surface area is 205 Å². The monoisotopic (exact) mass is 477 g/mol. The fraction of sp³-hybridized carbons (Fsp3) is 0.462. The van der Waals surface area contributed by atoms with Crippen molar-refractivity contribution in [2.75, 3.05) is 13.6 Å². The lowest BCUT2D eigenvalue weighted by Crippen LogP contribution is -2.55. The third-order valence-electron chi connectivity index (χ3n) is 6.59. The molecule has 0 saturated carbocycles. The number of carbonyl (C=O) groups is 2. The molecule has 1 N–H and O–H groups in total. The standard InChI is InChI=1S/C26H34N6O3/c1-26(2,3)32(25(34)35)17-23(33)28-15-21-19(29-22-12-5-6-14-31(21)22)16-30(4)20-11-7-9-18-10-8-13-27-24(18)20/h5-6,8,10,12-14,20H,7,9,11,15-17H2,1-4H3,(H,28,33)(H,34,35)/p-1/t20-/m0/s1. The van der Waals surface area contributed by atoms with E-state index in [-0.39, 0.29) is 25.0 Å². The van der Waals surface area contributed by atoms with Gasteiger partial charge in [0.25, 0.3) is 0 Å². The zero-order valence-corrected chi connectivity index (χ0v) is 20.8. The SMILES string of the molecule is CN(Cc1nc2ccccn2c1CNC(=O)CN(C(=O)[O-])C(C)(C)C)[C@H]1CCCc2cccnc21. The summed E-state index contributed by atoms with van der Waals surface area (Å²) in [5.74, 6) is -0.389. The summed E-state index contributed by atoms with van der Waals surface area (Å²) in [4.78, 5) is 37.0. The van der Waals surface area contributed by atoms with E-state index in [1.807, 2.05) is 41.1 Å². The van der Waals surface area contributed by atoms with Crippen molar-refractivity contribution in [3.05, 3.63) is 65.4 Å². The Morgan fingerprint density at radius 1 is 1.23 bits per heavy atom. The van der Waals surface area contributed by atoms with Gasteiger partial charge in [-0.25, -0.2) is 4.98 Å². The minimum absolute atomic E-state index is 0.204. The highest BCUT2D eigenvalue weighted by Gasteiger charge is 2.27. The molecular weight excluding hydrogens is 444 g/mol. The van der Waals surface area contributed by atoms with E-state index in [0.717, 1.165) is 46.9 Å². The van der Waals surface area contributed by atoms with Crippen LogP contribution in [0.2, 0.25) is 0 Å². The van der Waals surface area contributed by atoms with Gasteiger partial charge in [0.15, 0.2) is 0 Å². The molecule has 0 aliphatic heterocycles. The topological polar surface area (TPSA) is 106 Å². The van der Waals surface area contributed by atoms with Crippen molar-refractivity contribution in [2.45, 2.75) is 64.7 Å². The molecule has 9 nitrogen and oxygen atoms in total. The van der Waals surface area contributed by atoms with Crippen LogP contribution >= 0.6 is 0 Å². The van der Waals surface area contributed by atoms with Crippen LogP contribution in [0.3, 0.4) is 0 Å². The van der Waals surface area contributed by atoms with Gasteiger partial charge in [0.1, 0.15) is 11.7 Å². The van der Waals surface area contributed by atoms with Gasteiger partial charge in [-0.1, -0.05) is 12.1 Å². The summed E-state index contributed by atoms with van der Waals surface area (Å²) in [5, 5.41) is 14.4. The van der Waals surface area contributed by atoms with Crippen LogP contribution in [0.1, 0.15) is 62.3 Å². The Kier molecular flexibility index (Phi) is 7.07. The number of imidazole rings is 1. The van der Waals surface area contributed by atoms with Crippen molar-refractivity contribution in [2.24, 2.45) is 0 Å². The second kappa shape index (κ2) is 10.0. The first-order valence-corrected chi connectivity index (χ1v) is 12.0. The number of aromatic nitrogens is 3. The number of hydrogen-bond acceptors (Lipinski definition) is 6. The van der Waals surface area contributed by atoms with E-state index in [1.165, 1.54) is 5.56 Å². The fourth-order valence-corrected chi connectivity index (χ4v) is 4.73. The molecule has 3 heterocycles. The van der Waals surface area contributed by atoms with E-state index in [1.54, 1.807) is 20.8 Å². The van der Waals surface area contributed by atoms with E-state index in [0.29, 0.717) is 6.54 Å². The minimum Gasteiger partial charge on any atom is -0.530 e. The number of rotatable bonds is 7. The maximum atomic E-state index is 12.7. The summed E-state index contributed by atoms with van der Waals surface area (Å²) in [6.07, 6.45) is 5.61. The van der Waals surface area contributed by atoms with Gasteiger partial charge in [-0.2, -0.15) is 0 Å². The van der Waals surface area contributed by atoms with Gasteiger partial charge in [-0.15, -0.1) is 0 Å². The second-order valence-electron chi connectivity index (χ2n) is 10.1. The summed E-state index contributed by atoms with van der Waals surface area (Å²) in [6, 6.07) is 10.1. The molecule has 0 radical (unpaired) electrons. The molecule has 4 rings (SSSR count). The largest absolute Gasteiger partial charge is 0.530 e. The van der Waals surface area contributed by atoms with E-state index in [4.69, 9.17) is 4.98 Å². The quantitative estimate of drug-likeness (QED) is 0.560. The molecule has 3 aromatic rings. The number of nitrogens with zero attached hydrogens (tertiary/aromatic N) is 5. The first kappa shape index (κ1) is 24.7. The van der Waals surface area contributed by atoms with Gasteiger partial charge in [0.2, 0.25) is 5.91 Å². The highest BCUT2D eigenvalue weighted by atomic mass is 16.4. The average Bonchev–Trinajstić information content (AvgIpc) is 3.16. The first-order valence-electron chi connectivity index (χ1n) is 12.0. The maximum absolute atomic E-state index is 12.7. The molecule has 186 valence electrons. The number of pyridine rings is 2. The van der Waals surface area contributed by atoms with Crippen LogP contribution < -0.4 is 10.4 Å². The number of carbonyl (C=O) groups excluding carboxylic acids is 2. The highest BCUT2D eigenvalue weighted by Crippen LogP contribution is 2.33. The van der Waals surface area contributed by atoms with Crippen molar-refractivity contribution in [3.63, 3.8) is 0 Å². The van der Waals surface area contributed by atoms with Gasteiger partial charge < -0.3 is 24.5 Å². The Morgan fingerprint density at radius 2 is 2.03 bits per heavy atom. The summed E-state index contributed by atoms with van der Waals surface area (Å²) < 4.78 is 1.97. The lowest BCUT2D eigenvalue weighted by molar-refractivity contribution is -0.270. The molecule has 1 atom stereocenters. The average molecular weight is 478 g/mol. The third-order valence-corrected chi connectivity index (χ3v) is 6.59. The summed E-state index contributed by atoms with van der Waals surface area (Å²) in [5.41, 5.74) is 4.23. The number of hydrogen-bond donors (Lipinski definition) is 1. The van der Waals surface area contributed by atoms with Crippen LogP contribution in [-0.4, -0.2) is 55.3 Å². The fourth-order valence-electron chi connectivity index (χ4n) is 4.73. The molecular formula is C26H33N6O3-. The maximum Gasteiger partial charge on any atom is 0.239 e. The Hall–Kier alpha value is -3.46. The van der Waals surface area contributed by atoms with Crippen LogP contribution in [0.25, 0.3) is 5.65 Å². The van der Waals surface area contributed by atoms with E-state index < -0.39 is 11.6 Å². The van der Waals surface area contributed by atoms with E-state index >= 15 is 0 Å². The number of carboxylic acid groups (broad SMARTS) is 1. The molecule has 0 saturated heterocycles. The number of aryl methyl sites for hydroxylation is 1. The molecule has 35 heavy (non-hydrogen) atoms. The van der Waals surface area contributed by atoms with Crippen molar-refractivity contribution >= 4 is 17.6 Å². The van der Waals surface area contributed by atoms with Crippen LogP contribution in [0, 0.1) is 0 Å². The highest BCUT2D eigenvalue weighted by molar-refractivity contribution is 5.81. The van der Waals surface area contributed by atoms with Crippen molar-refractivity contribution in [1.29, 1.82) is 0 Å². The van der Waals surface area contributed by atoms with Crippen molar-refractivity contribution < 1.29 is 14.7 Å². The van der Waals surface area contributed by atoms with Gasteiger partial charge >= 0.3 is 0 Å². The smallest absolute Gasteiger partial charge is 0.239 e. The Bertz CT molecular complexity index is 1220. The van der Waals surface area contributed by atoms with Crippen LogP contribution in [-0.2, 0) is 24.3 Å². The summed E-state index contributed by atoms with van der Waals surface area (Å²) >= 11 is 0.